The predicted octanol–water partition coefficient (Wildman–Crippen LogP) is 3.28. The maximum absolute atomic E-state index is 12.3. The van der Waals surface area contributed by atoms with Crippen LogP contribution in [0.1, 0.15) is 55.5 Å². The van der Waals surface area contributed by atoms with Crippen LogP contribution in [0.15, 0.2) is 18.2 Å². The Morgan fingerprint density at radius 2 is 2.16 bits per heavy atom. The summed E-state index contributed by atoms with van der Waals surface area (Å²) in [5.74, 6) is -0.0381. The van der Waals surface area contributed by atoms with Gasteiger partial charge in [0.1, 0.15) is 0 Å². The van der Waals surface area contributed by atoms with E-state index in [0.29, 0.717) is 16.7 Å². The standard InChI is InChI=1S/C16H24N2O/c1-11-6-7-14(17)13(9-11)15(19)18-12-5-4-8-16(2,3)10-12/h6-7,9,12H,4-5,8,10,17H2,1-3H3,(H,18,19). The maximum Gasteiger partial charge on any atom is 0.253 e. The summed E-state index contributed by atoms with van der Waals surface area (Å²) in [5.41, 5.74) is 8.43. The van der Waals surface area contributed by atoms with Crippen LogP contribution in [0.5, 0.6) is 0 Å². The molecule has 1 aliphatic carbocycles. The minimum Gasteiger partial charge on any atom is -0.398 e. The van der Waals surface area contributed by atoms with Crippen molar-refractivity contribution < 1.29 is 4.79 Å². The summed E-state index contributed by atoms with van der Waals surface area (Å²) in [4.78, 5) is 12.3. The first-order chi connectivity index (χ1) is 8.87. The van der Waals surface area contributed by atoms with Gasteiger partial charge in [0.2, 0.25) is 0 Å². The largest absolute Gasteiger partial charge is 0.398 e. The highest BCUT2D eigenvalue weighted by molar-refractivity contribution is 5.99. The number of nitrogens with one attached hydrogen (secondary N) is 1. The quantitative estimate of drug-likeness (QED) is 0.802. The van der Waals surface area contributed by atoms with Crippen LogP contribution in [0, 0.1) is 12.3 Å². The molecule has 19 heavy (non-hydrogen) atoms. The number of hydrogen-bond donors (Lipinski definition) is 2. The van der Waals surface area contributed by atoms with E-state index in [0.717, 1.165) is 18.4 Å². The molecule has 1 fully saturated rings. The van der Waals surface area contributed by atoms with Crippen LogP contribution in [0.2, 0.25) is 0 Å². The third-order valence-electron chi connectivity index (χ3n) is 3.99. The SMILES string of the molecule is Cc1ccc(N)c(C(=O)NC2CCCC(C)(C)C2)c1. The summed E-state index contributed by atoms with van der Waals surface area (Å²) in [5, 5.41) is 3.14. The molecule has 0 bridgehead atoms. The maximum atomic E-state index is 12.3. The average molecular weight is 260 g/mol. The first-order valence-electron chi connectivity index (χ1n) is 7.04. The number of hydrogen-bond acceptors (Lipinski definition) is 2. The molecule has 0 aromatic heterocycles. The van der Waals surface area contributed by atoms with Crippen LogP contribution in [-0.4, -0.2) is 11.9 Å². The van der Waals surface area contributed by atoms with E-state index in [4.69, 9.17) is 5.73 Å². The van der Waals surface area contributed by atoms with Crippen molar-refractivity contribution in [3.63, 3.8) is 0 Å². The Bertz CT molecular complexity index is 480. The summed E-state index contributed by atoms with van der Waals surface area (Å²) >= 11 is 0. The Balaban J connectivity index is 2.06. The molecule has 2 rings (SSSR count). The lowest BCUT2D eigenvalue weighted by Crippen LogP contribution is -2.40. The van der Waals surface area contributed by atoms with Gasteiger partial charge in [-0.05, 0) is 43.7 Å². The lowest BCUT2D eigenvalue weighted by atomic mass is 9.75. The average Bonchev–Trinajstić information content (AvgIpc) is 2.31. The van der Waals surface area contributed by atoms with E-state index in [1.807, 2.05) is 19.1 Å². The number of carbonyl (C=O) groups excluding carboxylic acids is 1. The van der Waals surface area contributed by atoms with E-state index in [1.54, 1.807) is 6.07 Å². The number of rotatable bonds is 2. The minimum absolute atomic E-state index is 0.0381. The van der Waals surface area contributed by atoms with E-state index < -0.39 is 0 Å². The summed E-state index contributed by atoms with van der Waals surface area (Å²) in [7, 11) is 0. The molecule has 1 unspecified atom stereocenters. The van der Waals surface area contributed by atoms with Gasteiger partial charge in [-0.25, -0.2) is 0 Å². The van der Waals surface area contributed by atoms with E-state index >= 15 is 0 Å². The van der Waals surface area contributed by atoms with E-state index in [2.05, 4.69) is 19.2 Å². The highest BCUT2D eigenvalue weighted by Crippen LogP contribution is 2.35. The number of benzene rings is 1. The van der Waals surface area contributed by atoms with Crippen LogP contribution >= 0.6 is 0 Å². The number of anilines is 1. The van der Waals surface area contributed by atoms with Crippen LogP contribution < -0.4 is 11.1 Å². The van der Waals surface area contributed by atoms with Crippen molar-refractivity contribution in [1.82, 2.24) is 5.32 Å². The van der Waals surface area contributed by atoms with Crippen molar-refractivity contribution in [2.24, 2.45) is 5.41 Å². The van der Waals surface area contributed by atoms with Crippen molar-refractivity contribution in [1.29, 1.82) is 0 Å². The van der Waals surface area contributed by atoms with Crippen molar-refractivity contribution in [2.75, 3.05) is 5.73 Å². The van der Waals surface area contributed by atoms with Gasteiger partial charge in [-0.15, -0.1) is 0 Å². The van der Waals surface area contributed by atoms with E-state index in [9.17, 15) is 4.79 Å². The second kappa shape index (κ2) is 5.24. The lowest BCUT2D eigenvalue weighted by Gasteiger charge is -2.35. The third-order valence-corrected chi connectivity index (χ3v) is 3.99. The molecular formula is C16H24N2O. The van der Waals surface area contributed by atoms with Gasteiger partial charge in [-0.2, -0.15) is 0 Å². The molecule has 104 valence electrons. The van der Waals surface area contributed by atoms with Gasteiger partial charge in [0.15, 0.2) is 0 Å². The molecular weight excluding hydrogens is 236 g/mol. The van der Waals surface area contributed by atoms with Gasteiger partial charge in [0.25, 0.3) is 5.91 Å². The van der Waals surface area contributed by atoms with Crippen molar-refractivity contribution >= 4 is 11.6 Å². The van der Waals surface area contributed by atoms with E-state index in [-0.39, 0.29) is 11.9 Å². The molecule has 0 heterocycles. The van der Waals surface area contributed by atoms with Crippen molar-refractivity contribution in [3.05, 3.63) is 29.3 Å². The minimum atomic E-state index is -0.0381. The Labute approximate surface area is 115 Å². The molecule has 1 saturated carbocycles. The topological polar surface area (TPSA) is 55.1 Å². The third kappa shape index (κ3) is 3.49. The summed E-state index contributed by atoms with van der Waals surface area (Å²) < 4.78 is 0. The summed E-state index contributed by atoms with van der Waals surface area (Å²) in [6.45, 7) is 6.51. The number of nitrogen functional groups attached to an aromatic ring is 1. The van der Waals surface area contributed by atoms with Crippen molar-refractivity contribution in [3.8, 4) is 0 Å². The fourth-order valence-corrected chi connectivity index (χ4v) is 2.95. The molecule has 1 amide bonds. The zero-order valence-corrected chi connectivity index (χ0v) is 12.1. The van der Waals surface area contributed by atoms with Crippen LogP contribution in [0.3, 0.4) is 0 Å². The monoisotopic (exact) mass is 260 g/mol. The Hall–Kier alpha value is -1.51. The second-order valence-corrected chi connectivity index (χ2v) is 6.52. The van der Waals surface area contributed by atoms with Crippen LogP contribution in [0.25, 0.3) is 0 Å². The number of nitrogens with two attached hydrogens (primary N) is 1. The van der Waals surface area contributed by atoms with Crippen LogP contribution in [0.4, 0.5) is 5.69 Å². The van der Waals surface area contributed by atoms with Crippen LogP contribution in [-0.2, 0) is 0 Å². The predicted molar refractivity (Wildman–Crippen MR) is 79.1 cm³/mol. The molecule has 1 aliphatic rings. The number of amides is 1. The van der Waals surface area contributed by atoms with E-state index in [1.165, 1.54) is 12.8 Å². The summed E-state index contributed by atoms with van der Waals surface area (Å²) in [6.07, 6.45) is 4.54. The Kier molecular flexibility index (Phi) is 3.83. The van der Waals surface area contributed by atoms with Gasteiger partial charge in [0.05, 0.1) is 5.56 Å². The molecule has 3 heteroatoms. The molecule has 0 radical (unpaired) electrons. The van der Waals surface area contributed by atoms with Crippen molar-refractivity contribution in [2.45, 2.75) is 52.5 Å². The zero-order valence-electron chi connectivity index (χ0n) is 12.1. The Morgan fingerprint density at radius 3 is 2.84 bits per heavy atom. The fourth-order valence-electron chi connectivity index (χ4n) is 2.95. The summed E-state index contributed by atoms with van der Waals surface area (Å²) in [6, 6.07) is 5.86. The normalized spacial score (nSPS) is 21.9. The fraction of sp³-hybridized carbons (Fsp3) is 0.562. The van der Waals surface area contributed by atoms with Gasteiger partial charge in [0, 0.05) is 11.7 Å². The molecule has 3 N–H and O–H groups in total. The van der Waals surface area contributed by atoms with Gasteiger partial charge < -0.3 is 11.1 Å². The molecule has 1 atom stereocenters. The van der Waals surface area contributed by atoms with Gasteiger partial charge in [-0.1, -0.05) is 31.9 Å². The molecule has 1 aromatic rings. The smallest absolute Gasteiger partial charge is 0.253 e. The molecule has 3 nitrogen and oxygen atoms in total. The zero-order chi connectivity index (χ0) is 14.0. The highest BCUT2D eigenvalue weighted by Gasteiger charge is 2.29. The van der Waals surface area contributed by atoms with Gasteiger partial charge >= 0.3 is 0 Å². The van der Waals surface area contributed by atoms with Gasteiger partial charge in [-0.3, -0.25) is 4.79 Å². The molecule has 1 aromatic carbocycles. The molecule has 0 spiro atoms. The molecule has 0 saturated heterocycles. The Morgan fingerprint density at radius 1 is 1.42 bits per heavy atom. The number of aryl methyl sites for hydroxylation is 1. The number of carbonyl (C=O) groups is 1. The lowest BCUT2D eigenvalue weighted by molar-refractivity contribution is 0.0903. The first-order valence-corrected chi connectivity index (χ1v) is 7.04. The first kappa shape index (κ1) is 13.9. The second-order valence-electron chi connectivity index (χ2n) is 6.52. The highest BCUT2D eigenvalue weighted by atomic mass is 16.1. The molecule has 0 aliphatic heterocycles.